The number of ether oxygens (including phenoxy) is 3. The zero-order chi connectivity index (χ0) is 23.1. The van der Waals surface area contributed by atoms with Crippen LogP contribution in [0.1, 0.15) is 35.9 Å². The molecule has 2 atom stereocenters. The van der Waals surface area contributed by atoms with E-state index in [2.05, 4.69) is 31.3 Å². The van der Waals surface area contributed by atoms with Gasteiger partial charge in [-0.25, -0.2) is 4.68 Å². The van der Waals surface area contributed by atoms with Crippen LogP contribution in [0.3, 0.4) is 0 Å². The quantitative estimate of drug-likeness (QED) is 0.541. The highest BCUT2D eigenvalue weighted by Crippen LogP contribution is 2.47. The van der Waals surface area contributed by atoms with Crippen LogP contribution < -0.4 is 19.5 Å². The number of anilines is 1. The maximum absolute atomic E-state index is 13.6. The van der Waals surface area contributed by atoms with E-state index >= 15 is 0 Å². The van der Waals surface area contributed by atoms with Gasteiger partial charge in [-0.3, -0.25) is 4.79 Å². The fourth-order valence-electron chi connectivity index (χ4n) is 4.68. The van der Waals surface area contributed by atoms with Crippen LogP contribution in [-0.2, 0) is 4.79 Å². The van der Waals surface area contributed by atoms with Gasteiger partial charge in [0.25, 0.3) is 0 Å². The Morgan fingerprint density at radius 3 is 2.33 bits per heavy atom. The lowest BCUT2D eigenvalue weighted by Gasteiger charge is -2.35. The number of nitrogens with one attached hydrogen (secondary N) is 1. The summed E-state index contributed by atoms with van der Waals surface area (Å²) in [4.78, 5) is 17.9. The Labute approximate surface area is 199 Å². The topological polar surface area (TPSA) is 87.5 Å². The summed E-state index contributed by atoms with van der Waals surface area (Å²) in [5, 5.41) is 7.75. The van der Waals surface area contributed by atoms with Crippen molar-refractivity contribution in [2.24, 2.45) is 0 Å². The molecule has 0 bridgehead atoms. The van der Waals surface area contributed by atoms with Crippen LogP contribution in [0.2, 0.25) is 0 Å². The molecule has 1 aliphatic heterocycles. The largest absolute Gasteiger partial charge is 0.493 e. The van der Waals surface area contributed by atoms with Crippen molar-refractivity contribution in [2.75, 3.05) is 26.6 Å². The molecule has 0 saturated heterocycles. The van der Waals surface area contributed by atoms with Crippen molar-refractivity contribution in [3.63, 3.8) is 0 Å². The van der Waals surface area contributed by atoms with Gasteiger partial charge in [0.05, 0.1) is 21.3 Å². The van der Waals surface area contributed by atoms with Gasteiger partial charge in [-0.05, 0) is 47.7 Å². The molecule has 2 heterocycles. The molecule has 0 amide bonds. The van der Waals surface area contributed by atoms with Gasteiger partial charge in [0.2, 0.25) is 11.7 Å². The van der Waals surface area contributed by atoms with Gasteiger partial charge in [0, 0.05) is 22.2 Å². The van der Waals surface area contributed by atoms with Crippen LogP contribution >= 0.6 is 15.9 Å². The summed E-state index contributed by atoms with van der Waals surface area (Å²) in [7, 11) is 4.75. The van der Waals surface area contributed by atoms with Crippen molar-refractivity contribution >= 4 is 27.7 Å². The Morgan fingerprint density at radius 2 is 1.70 bits per heavy atom. The van der Waals surface area contributed by atoms with Crippen molar-refractivity contribution < 1.29 is 19.0 Å². The zero-order valence-electron chi connectivity index (χ0n) is 18.5. The second-order valence-electron chi connectivity index (χ2n) is 7.99. The highest BCUT2D eigenvalue weighted by atomic mass is 79.9. The van der Waals surface area contributed by atoms with Gasteiger partial charge in [-0.1, -0.05) is 28.1 Å². The molecule has 170 valence electrons. The van der Waals surface area contributed by atoms with E-state index in [4.69, 9.17) is 14.2 Å². The van der Waals surface area contributed by atoms with Gasteiger partial charge in [-0.15, -0.1) is 0 Å². The van der Waals surface area contributed by atoms with Crippen LogP contribution in [-0.4, -0.2) is 41.9 Å². The number of allylic oxidation sites excluding steroid dienone is 2. The molecule has 0 fully saturated rings. The lowest BCUT2D eigenvalue weighted by atomic mass is 9.78. The normalized spacial score (nSPS) is 19.5. The minimum Gasteiger partial charge on any atom is -0.493 e. The summed E-state index contributed by atoms with van der Waals surface area (Å²) in [5.74, 6) is 2.34. The molecule has 0 spiro atoms. The second-order valence-corrected chi connectivity index (χ2v) is 8.90. The number of benzene rings is 2. The van der Waals surface area contributed by atoms with E-state index in [0.29, 0.717) is 36.0 Å². The van der Waals surface area contributed by atoms with Crippen LogP contribution in [0, 0.1) is 0 Å². The third kappa shape index (κ3) is 3.66. The number of hydrogen-bond donors (Lipinski definition) is 1. The smallest absolute Gasteiger partial charge is 0.226 e. The predicted octanol–water partition coefficient (Wildman–Crippen LogP) is 4.48. The summed E-state index contributed by atoms with van der Waals surface area (Å²) < 4.78 is 19.2. The Balaban J connectivity index is 1.57. The molecule has 5 rings (SSSR count). The maximum atomic E-state index is 13.6. The fourth-order valence-corrected chi connectivity index (χ4v) is 4.94. The lowest BCUT2D eigenvalue weighted by molar-refractivity contribution is -0.116. The molecule has 0 radical (unpaired) electrons. The summed E-state index contributed by atoms with van der Waals surface area (Å²) in [6.45, 7) is 0. The number of methoxy groups -OCH3 is 3. The molecule has 1 N–H and O–H groups in total. The molecule has 0 unspecified atom stereocenters. The zero-order valence-corrected chi connectivity index (χ0v) is 20.0. The highest BCUT2D eigenvalue weighted by Gasteiger charge is 2.39. The number of Topliss-reactive ketones (excluding diaryl/α,β-unsaturated/α-hetero) is 1. The van der Waals surface area contributed by atoms with Gasteiger partial charge < -0.3 is 19.5 Å². The van der Waals surface area contributed by atoms with E-state index in [9.17, 15) is 4.79 Å². The third-order valence-electron chi connectivity index (χ3n) is 6.21. The minimum absolute atomic E-state index is 0.0440. The minimum atomic E-state index is -0.319. The standard InChI is InChI=1S/C24H23BrN4O4/c1-31-19-10-15(11-20(32-2)23(19)33-3)14-8-17-21(18(30)9-14)22(13-4-6-16(25)7-5-13)29-24(28-17)26-12-27-29/h4-7,10-12,14,22H,8-9H2,1-3H3,(H,26,27,28)/t14-,22+/m0/s1. The summed E-state index contributed by atoms with van der Waals surface area (Å²) >= 11 is 3.49. The molecule has 0 saturated carbocycles. The number of rotatable bonds is 5. The highest BCUT2D eigenvalue weighted by molar-refractivity contribution is 9.10. The molecule has 8 nitrogen and oxygen atoms in total. The van der Waals surface area contributed by atoms with Gasteiger partial charge in [0.1, 0.15) is 12.4 Å². The first kappa shape index (κ1) is 21.5. The molecular weight excluding hydrogens is 488 g/mol. The molecule has 1 aliphatic carbocycles. The summed E-state index contributed by atoms with van der Waals surface area (Å²) in [5.41, 5.74) is 3.55. The van der Waals surface area contributed by atoms with Crippen LogP contribution in [0.5, 0.6) is 17.2 Å². The molecule has 2 aromatic carbocycles. The number of carbonyl (C=O) groups excluding carboxylic acids is 1. The average molecular weight is 511 g/mol. The SMILES string of the molecule is COc1cc([C@@H]2CC(=O)C3=C(C2)Nc2ncnn2[C@@H]3c2ccc(Br)cc2)cc(OC)c1OC. The maximum Gasteiger partial charge on any atom is 0.226 e. The summed E-state index contributed by atoms with van der Waals surface area (Å²) in [6, 6.07) is 11.5. The lowest BCUT2D eigenvalue weighted by Crippen LogP contribution is -2.33. The number of carbonyl (C=O) groups is 1. The van der Waals surface area contributed by atoms with Gasteiger partial charge >= 0.3 is 0 Å². The van der Waals surface area contributed by atoms with E-state index < -0.39 is 0 Å². The van der Waals surface area contributed by atoms with E-state index in [1.165, 1.54) is 6.33 Å². The Morgan fingerprint density at radius 1 is 1.00 bits per heavy atom. The van der Waals surface area contributed by atoms with Crippen molar-refractivity contribution in [1.82, 2.24) is 14.8 Å². The van der Waals surface area contributed by atoms with Crippen molar-refractivity contribution in [3.05, 3.63) is 69.6 Å². The number of ketones is 1. The Hall–Kier alpha value is -3.33. The van der Waals surface area contributed by atoms with Crippen LogP contribution in [0.4, 0.5) is 5.95 Å². The molecule has 1 aromatic heterocycles. The molecular formula is C24H23BrN4O4. The predicted molar refractivity (Wildman–Crippen MR) is 126 cm³/mol. The molecule has 3 aromatic rings. The number of aromatic nitrogens is 3. The van der Waals surface area contributed by atoms with Crippen molar-refractivity contribution in [1.29, 1.82) is 0 Å². The van der Waals surface area contributed by atoms with Gasteiger partial charge in [-0.2, -0.15) is 10.1 Å². The Kier molecular flexibility index (Phi) is 5.57. The first-order chi connectivity index (χ1) is 16.0. The second kappa shape index (κ2) is 8.55. The van der Waals surface area contributed by atoms with Crippen molar-refractivity contribution in [2.45, 2.75) is 24.8 Å². The average Bonchev–Trinajstić information content (AvgIpc) is 3.30. The first-order valence-corrected chi connectivity index (χ1v) is 11.3. The van der Waals surface area contributed by atoms with E-state index in [-0.39, 0.29) is 17.7 Å². The molecule has 2 aliphatic rings. The van der Waals surface area contributed by atoms with Crippen LogP contribution in [0.25, 0.3) is 0 Å². The molecule has 33 heavy (non-hydrogen) atoms. The van der Waals surface area contributed by atoms with Crippen LogP contribution in [0.15, 0.2) is 58.5 Å². The monoisotopic (exact) mass is 510 g/mol. The summed E-state index contributed by atoms with van der Waals surface area (Å²) in [6.07, 6.45) is 2.53. The number of halogens is 1. The van der Waals surface area contributed by atoms with E-state index in [0.717, 1.165) is 26.9 Å². The van der Waals surface area contributed by atoms with Crippen molar-refractivity contribution in [3.8, 4) is 17.2 Å². The number of hydrogen-bond acceptors (Lipinski definition) is 7. The molecule has 9 heteroatoms. The van der Waals surface area contributed by atoms with E-state index in [1.54, 1.807) is 26.0 Å². The first-order valence-electron chi connectivity index (χ1n) is 10.5. The fraction of sp³-hybridized carbons (Fsp3) is 0.292. The van der Waals surface area contributed by atoms with E-state index in [1.807, 2.05) is 36.4 Å². The number of fused-ring (bicyclic) bond motifs is 1. The van der Waals surface area contributed by atoms with Gasteiger partial charge in [0.15, 0.2) is 17.3 Å². The number of nitrogens with zero attached hydrogens (tertiary/aromatic N) is 3. The Bertz CT molecular complexity index is 1230. The third-order valence-corrected chi connectivity index (χ3v) is 6.73.